The molecule has 0 aromatic carbocycles. The van der Waals surface area contributed by atoms with E-state index in [-0.39, 0.29) is 5.91 Å². The molecule has 120 valence electrons. The van der Waals surface area contributed by atoms with E-state index in [4.69, 9.17) is 5.73 Å². The van der Waals surface area contributed by atoms with Gasteiger partial charge in [-0.3, -0.25) is 14.6 Å². The molecule has 21 heavy (non-hydrogen) atoms. The highest BCUT2D eigenvalue weighted by Crippen LogP contribution is 2.35. The highest BCUT2D eigenvalue weighted by atomic mass is 16.1. The quantitative estimate of drug-likeness (QED) is 0.794. The molecule has 5 nitrogen and oxygen atoms in total. The molecule has 3 fully saturated rings. The van der Waals surface area contributed by atoms with Crippen molar-refractivity contribution in [3.8, 4) is 0 Å². The minimum atomic E-state index is -0.481. The van der Waals surface area contributed by atoms with E-state index in [9.17, 15) is 4.79 Å². The van der Waals surface area contributed by atoms with E-state index in [2.05, 4.69) is 29.0 Å². The van der Waals surface area contributed by atoms with Crippen LogP contribution >= 0.6 is 0 Å². The molecule has 0 radical (unpaired) electrons. The molecule has 1 amide bonds. The number of primary amides is 1. The first-order chi connectivity index (χ1) is 10.00. The van der Waals surface area contributed by atoms with Gasteiger partial charge in [-0.25, -0.2) is 0 Å². The third-order valence-corrected chi connectivity index (χ3v) is 5.66. The van der Waals surface area contributed by atoms with Gasteiger partial charge in [-0.1, -0.05) is 0 Å². The highest BCUT2D eigenvalue weighted by Gasteiger charge is 2.47. The molecule has 3 unspecified atom stereocenters. The lowest BCUT2D eigenvalue weighted by Crippen LogP contribution is -2.58. The number of nitrogens with two attached hydrogens (primary N) is 1. The first-order valence-electron chi connectivity index (χ1n) is 8.56. The molecule has 1 aliphatic carbocycles. The van der Waals surface area contributed by atoms with E-state index in [1.54, 1.807) is 0 Å². The predicted octanol–water partition coefficient (Wildman–Crippen LogP) is 0.541. The van der Waals surface area contributed by atoms with Gasteiger partial charge in [0.1, 0.15) is 0 Å². The maximum atomic E-state index is 12.0. The number of carbonyl (C=O) groups excluding carboxylic acids is 1. The van der Waals surface area contributed by atoms with Gasteiger partial charge in [-0.15, -0.1) is 0 Å². The summed E-state index contributed by atoms with van der Waals surface area (Å²) in [6, 6.07) is 1.56. The predicted molar refractivity (Wildman–Crippen MR) is 84.0 cm³/mol. The van der Waals surface area contributed by atoms with Crippen LogP contribution in [0.15, 0.2) is 0 Å². The molecule has 0 bridgehead atoms. The van der Waals surface area contributed by atoms with Crippen LogP contribution in [0, 0.1) is 0 Å². The van der Waals surface area contributed by atoms with Crippen LogP contribution in [0.3, 0.4) is 0 Å². The maximum absolute atomic E-state index is 12.0. The lowest BCUT2D eigenvalue weighted by Gasteiger charge is -2.41. The topological polar surface area (TPSA) is 61.6 Å². The van der Waals surface area contributed by atoms with Crippen molar-refractivity contribution >= 4 is 5.91 Å². The Kier molecular flexibility index (Phi) is 4.26. The fourth-order valence-corrected chi connectivity index (χ4v) is 4.66. The Labute approximate surface area is 128 Å². The Bertz CT molecular complexity index is 400. The molecule has 0 aromatic heterocycles. The number of hydrogen-bond donors (Lipinski definition) is 2. The molecule has 3 rings (SSSR count). The summed E-state index contributed by atoms with van der Waals surface area (Å²) < 4.78 is 0. The van der Waals surface area contributed by atoms with E-state index in [1.165, 1.54) is 32.5 Å². The second kappa shape index (κ2) is 5.86. The fraction of sp³-hybridized carbons (Fsp3) is 0.938. The van der Waals surface area contributed by atoms with E-state index < -0.39 is 5.54 Å². The summed E-state index contributed by atoms with van der Waals surface area (Å²) in [6.07, 6.45) is 5.55. The number of piperazine rings is 1. The van der Waals surface area contributed by atoms with Gasteiger partial charge >= 0.3 is 0 Å². The Morgan fingerprint density at radius 2 is 1.95 bits per heavy atom. The molecule has 0 spiro atoms. The van der Waals surface area contributed by atoms with Gasteiger partial charge < -0.3 is 11.1 Å². The van der Waals surface area contributed by atoms with Gasteiger partial charge in [0.05, 0.1) is 5.54 Å². The fourth-order valence-electron chi connectivity index (χ4n) is 4.66. The van der Waals surface area contributed by atoms with Gasteiger partial charge in [-0.2, -0.15) is 0 Å². The zero-order chi connectivity index (χ0) is 15.0. The van der Waals surface area contributed by atoms with Gasteiger partial charge in [0.15, 0.2) is 0 Å². The third-order valence-electron chi connectivity index (χ3n) is 5.66. The minimum absolute atomic E-state index is 0.168. The molecule has 1 saturated carbocycles. The van der Waals surface area contributed by atoms with Crippen molar-refractivity contribution in [3.05, 3.63) is 0 Å². The smallest absolute Gasteiger partial charge is 0.237 e. The van der Waals surface area contributed by atoms with Crippen LogP contribution in [0.4, 0.5) is 0 Å². The first-order valence-corrected chi connectivity index (χ1v) is 8.56. The van der Waals surface area contributed by atoms with Crippen LogP contribution in [-0.4, -0.2) is 65.6 Å². The molecule has 0 aromatic rings. The van der Waals surface area contributed by atoms with Gasteiger partial charge in [0.25, 0.3) is 0 Å². The molecule has 2 saturated heterocycles. The molecular weight excluding hydrogens is 264 g/mol. The lowest BCUT2D eigenvalue weighted by atomic mass is 9.95. The van der Waals surface area contributed by atoms with Crippen LogP contribution in [0.25, 0.3) is 0 Å². The normalized spacial score (nSPS) is 38.0. The van der Waals surface area contributed by atoms with Crippen molar-refractivity contribution < 1.29 is 4.79 Å². The largest absolute Gasteiger partial charge is 0.368 e. The number of nitrogens with one attached hydrogen (secondary N) is 1. The Hall–Kier alpha value is -0.650. The highest BCUT2D eigenvalue weighted by molar-refractivity contribution is 5.85. The molecular formula is C16H30N4O. The van der Waals surface area contributed by atoms with Crippen LogP contribution in [0.2, 0.25) is 0 Å². The van der Waals surface area contributed by atoms with Crippen LogP contribution in [-0.2, 0) is 4.79 Å². The zero-order valence-corrected chi connectivity index (χ0v) is 13.5. The Morgan fingerprint density at radius 1 is 1.19 bits per heavy atom. The monoisotopic (exact) mass is 294 g/mol. The molecule has 3 N–H and O–H groups in total. The summed E-state index contributed by atoms with van der Waals surface area (Å²) in [6.45, 7) is 9.00. The van der Waals surface area contributed by atoms with Crippen LogP contribution in [0.5, 0.6) is 0 Å². The van der Waals surface area contributed by atoms with Gasteiger partial charge in [-0.05, 0) is 52.5 Å². The average Bonchev–Trinajstić information content (AvgIpc) is 3.04. The molecule has 3 aliphatic rings. The number of rotatable bonds is 4. The van der Waals surface area contributed by atoms with Crippen molar-refractivity contribution in [1.82, 2.24) is 15.1 Å². The van der Waals surface area contributed by atoms with Crippen molar-refractivity contribution in [2.75, 3.05) is 26.2 Å². The summed E-state index contributed by atoms with van der Waals surface area (Å²) in [5, 5.41) is 3.46. The Morgan fingerprint density at radius 3 is 2.67 bits per heavy atom. The lowest BCUT2D eigenvalue weighted by molar-refractivity contribution is -0.124. The zero-order valence-electron chi connectivity index (χ0n) is 13.5. The van der Waals surface area contributed by atoms with Crippen LogP contribution in [0.1, 0.15) is 46.0 Å². The SMILES string of the molecule is CC(C)NC1(C(N)=O)CCC(N2CCN3CCCC3C2)C1. The standard InChI is InChI=1S/C16H30N4O/c1-12(2)18-16(15(17)21)6-5-13(10-16)20-9-8-19-7-3-4-14(19)11-20/h12-14,18H,3-11H2,1-2H3,(H2,17,21). The Balaban J connectivity index is 1.64. The second-order valence-corrected chi connectivity index (χ2v) is 7.47. The van der Waals surface area contributed by atoms with E-state index in [0.29, 0.717) is 12.1 Å². The summed E-state index contributed by atoms with van der Waals surface area (Å²) in [5.74, 6) is -0.168. The minimum Gasteiger partial charge on any atom is -0.368 e. The summed E-state index contributed by atoms with van der Waals surface area (Å²) in [7, 11) is 0. The first kappa shape index (κ1) is 15.3. The number of amides is 1. The van der Waals surface area contributed by atoms with Crippen molar-refractivity contribution in [2.24, 2.45) is 5.73 Å². The van der Waals surface area contributed by atoms with Crippen molar-refractivity contribution in [3.63, 3.8) is 0 Å². The van der Waals surface area contributed by atoms with E-state index in [1.807, 2.05) is 0 Å². The van der Waals surface area contributed by atoms with Crippen molar-refractivity contribution in [2.45, 2.75) is 69.6 Å². The molecule has 5 heteroatoms. The number of nitrogens with zero attached hydrogens (tertiary/aromatic N) is 2. The number of carbonyl (C=O) groups is 1. The number of hydrogen-bond acceptors (Lipinski definition) is 4. The second-order valence-electron chi connectivity index (χ2n) is 7.47. The van der Waals surface area contributed by atoms with Crippen molar-refractivity contribution in [1.29, 1.82) is 0 Å². The molecule has 2 heterocycles. The van der Waals surface area contributed by atoms with Gasteiger partial charge in [0.2, 0.25) is 5.91 Å². The van der Waals surface area contributed by atoms with Crippen LogP contribution < -0.4 is 11.1 Å². The molecule has 3 atom stereocenters. The van der Waals surface area contributed by atoms with E-state index >= 15 is 0 Å². The number of fused-ring (bicyclic) bond motifs is 1. The van der Waals surface area contributed by atoms with E-state index in [0.717, 1.165) is 31.8 Å². The maximum Gasteiger partial charge on any atom is 0.237 e. The molecule has 2 aliphatic heterocycles. The third kappa shape index (κ3) is 2.96. The summed E-state index contributed by atoms with van der Waals surface area (Å²) in [5.41, 5.74) is 5.25. The summed E-state index contributed by atoms with van der Waals surface area (Å²) >= 11 is 0. The average molecular weight is 294 g/mol. The summed E-state index contributed by atoms with van der Waals surface area (Å²) in [4.78, 5) is 17.3. The van der Waals surface area contributed by atoms with Gasteiger partial charge in [0, 0.05) is 37.8 Å².